The zero-order valence-corrected chi connectivity index (χ0v) is 52.0. The first-order valence-corrected chi connectivity index (χ1v) is 31.9. The predicted octanol–water partition coefficient (Wildman–Crippen LogP) is 12.8. The van der Waals surface area contributed by atoms with Gasteiger partial charge < -0.3 is 46.2 Å². The molecular weight excluding hydrogens is 1190 g/mol. The number of hydrogen-bond acceptors (Lipinski definition) is 14. The van der Waals surface area contributed by atoms with Crippen LogP contribution >= 0.6 is 39.1 Å². The van der Waals surface area contributed by atoms with E-state index in [9.17, 15) is 18.4 Å². The van der Waals surface area contributed by atoms with E-state index in [0.717, 1.165) is 124 Å². The Labute approximate surface area is 516 Å². The lowest BCUT2D eigenvalue weighted by molar-refractivity contribution is -0.112. The molecule has 2 spiro atoms. The smallest absolute Gasteiger partial charge is 0.248 e. The van der Waals surface area contributed by atoms with Crippen LogP contribution in [0.25, 0.3) is 21.8 Å². The summed E-state index contributed by atoms with van der Waals surface area (Å²) in [6.45, 7) is 13.6. The quantitative estimate of drug-likeness (QED) is 0.0549. The van der Waals surface area contributed by atoms with E-state index in [-0.39, 0.29) is 32.7 Å². The molecule has 12 rings (SSSR count). The minimum Gasteiger partial charge on any atom is -0.369 e. The van der Waals surface area contributed by atoms with Crippen molar-refractivity contribution in [3.63, 3.8) is 0 Å². The average molecular weight is 1270 g/mol. The number of likely N-dealkylation sites (tertiary alicyclic amines) is 3. The zero-order valence-electron chi connectivity index (χ0n) is 48.9. The van der Waals surface area contributed by atoms with Gasteiger partial charge in [0, 0.05) is 96.3 Å². The Morgan fingerprint density at radius 2 is 1.07 bits per heavy atom. The highest BCUT2D eigenvalue weighted by Crippen LogP contribution is 2.45. The van der Waals surface area contributed by atoms with E-state index in [0.29, 0.717) is 34.0 Å². The summed E-state index contributed by atoms with van der Waals surface area (Å²) in [6.07, 6.45) is 24.9. The van der Waals surface area contributed by atoms with Crippen molar-refractivity contribution in [1.82, 2.24) is 40.0 Å². The van der Waals surface area contributed by atoms with Gasteiger partial charge in [0.2, 0.25) is 11.8 Å². The van der Waals surface area contributed by atoms with Gasteiger partial charge in [-0.1, -0.05) is 64.1 Å². The molecule has 6 aliphatic rings. The van der Waals surface area contributed by atoms with E-state index in [1.807, 2.05) is 24.3 Å². The number of anilines is 8. The number of nitrogens with zero attached hydrogens (tertiary/aromatic N) is 9. The Hall–Kier alpha value is -6.06. The fourth-order valence-electron chi connectivity index (χ4n) is 13.1. The van der Waals surface area contributed by atoms with E-state index in [1.54, 1.807) is 24.3 Å². The number of hydrogen-bond donors (Lipinski definition) is 5. The lowest BCUT2D eigenvalue weighted by Crippen LogP contribution is -2.45. The third-order valence-corrected chi connectivity index (χ3v) is 18.2. The molecule has 2 unspecified atom stereocenters. The Kier molecular flexibility index (Phi) is 21.2. The second-order valence-electron chi connectivity index (χ2n) is 23.9. The molecule has 2 aromatic heterocycles. The highest BCUT2D eigenvalue weighted by atomic mass is 79.9. The number of carbonyl (C=O) groups excluding carboxylic acids is 2. The molecule has 4 aromatic carbocycles. The first-order valence-electron chi connectivity index (χ1n) is 30.1. The topological polar surface area (TPSA) is 162 Å². The highest BCUT2D eigenvalue weighted by molar-refractivity contribution is 9.09. The first kappa shape index (κ1) is 62.0. The maximum absolute atomic E-state index is 13.8. The van der Waals surface area contributed by atoms with Crippen molar-refractivity contribution in [3.05, 3.63) is 119 Å². The number of rotatable bonds is 13. The van der Waals surface area contributed by atoms with Gasteiger partial charge in [-0.2, -0.15) is 0 Å². The van der Waals surface area contributed by atoms with Gasteiger partial charge in [0.15, 0.2) is 0 Å². The maximum atomic E-state index is 13.8. The van der Waals surface area contributed by atoms with E-state index in [4.69, 9.17) is 23.2 Å². The number of amides is 2. The molecule has 5 N–H and O–H groups in total. The molecule has 8 heterocycles. The van der Waals surface area contributed by atoms with Gasteiger partial charge in [0.1, 0.15) is 35.9 Å². The van der Waals surface area contributed by atoms with Crippen molar-refractivity contribution >= 4 is 119 Å². The summed E-state index contributed by atoms with van der Waals surface area (Å²) in [4.78, 5) is 56.0. The van der Waals surface area contributed by atoms with Crippen LogP contribution in [0.3, 0.4) is 0 Å². The molecule has 0 aliphatic carbocycles. The summed E-state index contributed by atoms with van der Waals surface area (Å²) in [7, 11) is 4.39. The number of halogens is 5. The van der Waals surface area contributed by atoms with Crippen molar-refractivity contribution < 1.29 is 18.4 Å². The normalized spacial score (nSPS) is 21.4. The molecular formula is C64H79BrCl2F2N14O2. The summed E-state index contributed by atoms with van der Waals surface area (Å²) in [5.74, 6) is -0.235. The lowest BCUT2D eigenvalue weighted by atomic mass is 9.79. The van der Waals surface area contributed by atoms with Crippen LogP contribution in [-0.2, 0) is 9.59 Å². The minimum absolute atomic E-state index is 0.0220. The molecule has 6 aliphatic heterocycles. The third-order valence-electron chi connectivity index (χ3n) is 17.3. The van der Waals surface area contributed by atoms with Crippen LogP contribution in [0.2, 0.25) is 10.0 Å². The number of carbonyl (C=O) groups is 2. The Bertz CT molecular complexity index is 3350. The molecule has 2 atom stereocenters. The monoisotopic (exact) mass is 1260 g/mol. The predicted molar refractivity (Wildman–Crippen MR) is 347 cm³/mol. The minimum atomic E-state index is -0.487. The van der Waals surface area contributed by atoms with Gasteiger partial charge in [-0.05, 0) is 178 Å². The van der Waals surface area contributed by atoms with Crippen molar-refractivity contribution in [2.75, 3.05) is 136 Å². The Morgan fingerprint density at radius 1 is 0.588 bits per heavy atom. The number of piperidine rings is 4. The summed E-state index contributed by atoms with van der Waals surface area (Å²) in [5, 5.41) is 18.2. The number of benzene rings is 4. The third kappa shape index (κ3) is 16.3. The van der Waals surface area contributed by atoms with Crippen molar-refractivity contribution in [3.8, 4) is 0 Å². The van der Waals surface area contributed by atoms with E-state index in [2.05, 4.69) is 107 Å². The summed E-state index contributed by atoms with van der Waals surface area (Å²) in [6, 6.07) is 16.8. The molecule has 85 heavy (non-hydrogen) atoms. The van der Waals surface area contributed by atoms with Crippen LogP contribution in [0.4, 0.5) is 54.5 Å². The van der Waals surface area contributed by atoms with Crippen LogP contribution in [0, 0.1) is 22.5 Å². The van der Waals surface area contributed by atoms with E-state index < -0.39 is 11.6 Å². The molecule has 452 valence electrons. The largest absolute Gasteiger partial charge is 0.369 e. The van der Waals surface area contributed by atoms with Gasteiger partial charge >= 0.3 is 0 Å². The SMILES string of the molecule is C1CCNCC1.CN1CCC2(CCCN(c3cc4ncnc(Nc5ccc(F)c(Cl)c5)c4cc3NC(=O)/C=C/CBr)C2)C1.CN1CCC2(CCCN(c3cc4ncnc(Nc5ccc(F)c(Cl)c5)c4cc3NC(=O)/C=C/CN3CCCCC3)C2)C1. The van der Waals surface area contributed by atoms with Gasteiger partial charge in [0.25, 0.3) is 0 Å². The van der Waals surface area contributed by atoms with Crippen molar-refractivity contribution in [1.29, 1.82) is 0 Å². The van der Waals surface area contributed by atoms with E-state index >= 15 is 0 Å². The standard InChI is InChI=1S/C32H39ClFN7O.C27H29BrClFN6O.C5H11N/c1-39-16-11-32(20-39)10-6-15-41(21-32)29-19-27-24(31(36-22-35-27)37-23-8-9-26(34)25(33)17-23)18-28(29)38-30(42)7-5-14-40-12-3-2-4-13-40;1-35-11-8-27(15-35)7-3-10-36(16-27)24-14-22-19(13-23(24)34-25(37)4-2-9-28)26(32-17-31-22)33-18-5-6-21(30)20(29)12-18;1-2-4-6-5-3-1/h5,7-9,17-19,22H,2-4,6,10-16,20-21H2,1H3,(H,38,42)(H,35,36,37);2,4-6,12-14,17H,3,7-11,15-16H2,1H3,(H,34,37)(H,31,32,33);6H,1-5H2/b7-5+;4-2+;. The molecule has 0 saturated carbocycles. The van der Waals surface area contributed by atoms with Crippen LogP contribution < -0.4 is 36.4 Å². The number of aromatic nitrogens is 4. The fraction of sp³-hybridized carbons (Fsp3) is 0.469. The first-order chi connectivity index (χ1) is 41.2. The Morgan fingerprint density at radius 3 is 1.49 bits per heavy atom. The number of fused-ring (bicyclic) bond motifs is 2. The molecule has 2 amide bonds. The number of nitrogens with one attached hydrogen (secondary N) is 5. The van der Waals surface area contributed by atoms with Crippen molar-refractivity contribution in [2.24, 2.45) is 10.8 Å². The highest BCUT2D eigenvalue weighted by Gasteiger charge is 2.42. The zero-order chi connectivity index (χ0) is 59.3. The van der Waals surface area contributed by atoms with Gasteiger partial charge in [-0.25, -0.2) is 28.7 Å². The summed E-state index contributed by atoms with van der Waals surface area (Å²) in [5.41, 5.74) is 6.61. The molecule has 6 fully saturated rings. The molecule has 0 bridgehead atoms. The van der Waals surface area contributed by atoms with Crippen molar-refractivity contribution in [2.45, 2.75) is 77.0 Å². The molecule has 0 radical (unpaired) electrons. The number of alkyl halides is 1. The maximum Gasteiger partial charge on any atom is 0.248 e. The van der Waals surface area contributed by atoms with Gasteiger partial charge in [-0.3, -0.25) is 14.5 Å². The summed E-state index contributed by atoms with van der Waals surface area (Å²) < 4.78 is 27.4. The van der Waals surface area contributed by atoms with Crippen LogP contribution in [-0.4, -0.2) is 151 Å². The van der Waals surface area contributed by atoms with Crippen LogP contribution in [0.1, 0.15) is 77.0 Å². The molecule has 6 aromatic rings. The fourth-order valence-corrected chi connectivity index (χ4v) is 13.6. The van der Waals surface area contributed by atoms with E-state index in [1.165, 1.54) is 120 Å². The second-order valence-corrected chi connectivity index (χ2v) is 25.3. The average Bonchev–Trinajstić information content (AvgIpc) is 2.51. The van der Waals surface area contributed by atoms with Gasteiger partial charge in [0.05, 0.1) is 43.8 Å². The molecule has 6 saturated heterocycles. The molecule has 16 nitrogen and oxygen atoms in total. The van der Waals surface area contributed by atoms with Crippen LogP contribution in [0.15, 0.2) is 97.6 Å². The number of allylic oxidation sites excluding steroid dienone is 1. The lowest BCUT2D eigenvalue weighted by Gasteiger charge is -2.42. The Balaban J connectivity index is 0.000000173. The van der Waals surface area contributed by atoms with Gasteiger partial charge in [-0.15, -0.1) is 0 Å². The molecule has 21 heteroatoms. The summed E-state index contributed by atoms with van der Waals surface area (Å²) >= 11 is 15.3. The second kappa shape index (κ2) is 29.1. The van der Waals surface area contributed by atoms with Crippen LogP contribution in [0.5, 0.6) is 0 Å².